The summed E-state index contributed by atoms with van der Waals surface area (Å²) in [4.78, 5) is 0. The molecule has 0 radical (unpaired) electrons. The van der Waals surface area contributed by atoms with Gasteiger partial charge in [-0.15, -0.1) is 0 Å². The van der Waals surface area contributed by atoms with Crippen molar-refractivity contribution < 1.29 is 0 Å². The number of rotatable bonds is 20. The van der Waals surface area contributed by atoms with Gasteiger partial charge >= 0.3 is 0 Å². The van der Waals surface area contributed by atoms with Gasteiger partial charge in [0, 0.05) is 0 Å². The Morgan fingerprint density at radius 3 is 0.736 bits per heavy atom. The molecule has 0 saturated heterocycles. The summed E-state index contributed by atoms with van der Waals surface area (Å²) in [7, 11) is 0. The molecular formula is C140H146B4. The van der Waals surface area contributed by atoms with Crippen LogP contribution in [-0.2, 0) is 21.7 Å². The predicted molar refractivity (Wildman–Crippen MR) is 626 cm³/mol. The first-order valence-corrected chi connectivity index (χ1v) is 54.7. The third-order valence-electron chi connectivity index (χ3n) is 36.9. The van der Waals surface area contributed by atoms with Gasteiger partial charge in [0.15, 0.2) is 0 Å². The van der Waals surface area contributed by atoms with Gasteiger partial charge < -0.3 is 0 Å². The normalized spacial score (nSPS) is 20.3. The summed E-state index contributed by atoms with van der Waals surface area (Å²) in [6.45, 7) is 51.7. The monoisotopic (exact) mass is 1870 g/mol. The Bertz CT molecular complexity index is 7320. The van der Waals surface area contributed by atoms with Gasteiger partial charge in [-0.2, -0.15) is 0 Å². The van der Waals surface area contributed by atoms with Gasteiger partial charge in [-0.05, 0) is 360 Å². The highest BCUT2D eigenvalue weighted by Gasteiger charge is 2.61. The third-order valence-corrected chi connectivity index (χ3v) is 36.9. The van der Waals surface area contributed by atoms with Crippen molar-refractivity contribution in [2.75, 3.05) is 0 Å². The highest BCUT2D eigenvalue weighted by Crippen LogP contribution is 2.68. The maximum absolute atomic E-state index is 2.75. The van der Waals surface area contributed by atoms with Gasteiger partial charge in [-0.1, -0.05) is 485 Å². The maximum atomic E-state index is 2.75. The molecule has 1 heterocycles. The summed E-state index contributed by atoms with van der Waals surface area (Å²) >= 11 is 0. The van der Waals surface area contributed by atoms with Crippen molar-refractivity contribution in [3.8, 4) is 55.6 Å². The lowest BCUT2D eigenvalue weighted by atomic mass is 9.34. The van der Waals surface area contributed by atoms with Gasteiger partial charge in [-0.25, -0.2) is 0 Å². The summed E-state index contributed by atoms with van der Waals surface area (Å²) in [5.41, 5.74) is 65.3. The minimum Gasteiger partial charge on any atom is -0.0686 e. The predicted octanol–water partition coefficient (Wildman–Crippen LogP) is 27.5. The Hall–Kier alpha value is -12.2. The molecule has 1 aliphatic heterocycles. The van der Waals surface area contributed by atoms with Crippen LogP contribution in [0.4, 0.5) is 0 Å². The lowest BCUT2D eigenvalue weighted by Gasteiger charge is -2.63. The molecule has 16 aromatic carbocycles. The summed E-state index contributed by atoms with van der Waals surface area (Å²) in [5, 5.41) is 0. The van der Waals surface area contributed by atoms with Crippen LogP contribution in [0.25, 0.3) is 55.6 Å². The van der Waals surface area contributed by atoms with E-state index in [2.05, 4.69) is 456 Å². The van der Waals surface area contributed by atoms with E-state index in [4.69, 9.17) is 0 Å². The van der Waals surface area contributed by atoms with Gasteiger partial charge in [0.05, 0.1) is 0 Å². The molecular weight excluding hydrogens is 1720 g/mol. The summed E-state index contributed by atoms with van der Waals surface area (Å²) in [5.74, 6) is 4.03. The summed E-state index contributed by atoms with van der Waals surface area (Å²) < 4.78 is 0. The zero-order valence-electron chi connectivity index (χ0n) is 90.1. The van der Waals surface area contributed by atoms with Crippen molar-refractivity contribution in [3.63, 3.8) is 0 Å². The van der Waals surface area contributed by atoms with E-state index in [0.717, 1.165) is 23.7 Å². The van der Waals surface area contributed by atoms with Crippen LogP contribution >= 0.6 is 0 Å². The highest BCUT2D eigenvalue weighted by molar-refractivity contribution is 7.00. The molecule has 4 unspecified atom stereocenters. The highest BCUT2D eigenvalue weighted by atomic mass is 14.6. The van der Waals surface area contributed by atoms with E-state index < -0.39 is 0 Å². The lowest BCUT2D eigenvalue weighted by molar-refractivity contribution is -0.0283. The van der Waals surface area contributed by atoms with Crippen LogP contribution in [0.1, 0.15) is 250 Å². The minimum absolute atomic E-state index is 0.146. The van der Waals surface area contributed by atoms with Crippen LogP contribution in [0.3, 0.4) is 0 Å². The van der Waals surface area contributed by atoms with Crippen molar-refractivity contribution in [1.29, 1.82) is 0 Å². The second kappa shape index (κ2) is 37.7. The van der Waals surface area contributed by atoms with E-state index in [9.17, 15) is 0 Å². The molecule has 8 aliphatic carbocycles. The number of hydrogen-bond acceptors (Lipinski definition) is 0. The Morgan fingerprint density at radius 1 is 0.222 bits per heavy atom. The van der Waals surface area contributed by atoms with Crippen LogP contribution in [0.5, 0.6) is 0 Å². The van der Waals surface area contributed by atoms with E-state index in [-0.39, 0.29) is 48.5 Å². The van der Waals surface area contributed by atoms with E-state index in [0.29, 0.717) is 11.8 Å². The van der Waals surface area contributed by atoms with Crippen molar-refractivity contribution in [1.82, 2.24) is 0 Å². The molecule has 0 spiro atoms. The standard InChI is InChI=1S/C70H72B2.C70H74B2/c1-43(2)62-36-58(37-63(44(3)4)68(62)72-64-23-13-11-21-60(64)61-22-12-14-24-65(61)72)70-40-51-33-52(41-70)39-69(38-51,42-70)57-27-25-53(26-28-57)54-17-15-18-55(34-54)56-19-16-20-59(35-56)71(66-47(7)29-45(5)30-48(66)8)67-49(9)31-46(6)32-50(67)10;1-43-27-47(5)65(48(6)28-43)71(66-49(7)29-44(2)30-50(66)8)63-25-23-62(24-26-63)70-40-55-35-56(41-70)39-69(38-55,42-70)61-21-19-57(20-22-61)58-15-13-16-59(36-58)60-17-14-18-64(37-60)72(67-51(9)31-45(3)32-52(67)10)68-53(11)33-46(4)34-54(68)12/h11-32,34-37,43-44,51-52H,33,38-42H2,1-10H3;13-34,36-37,55-56H,35,38-42H2,1-12H3. The molecule has 0 N–H and O–H groups in total. The topological polar surface area (TPSA) is 0 Å². The molecule has 9 aliphatic rings. The molecule has 0 nitrogen and oxygen atoms in total. The van der Waals surface area contributed by atoms with Gasteiger partial charge in [0.2, 0.25) is 26.9 Å². The van der Waals surface area contributed by atoms with E-state index in [1.807, 2.05) is 0 Å². The number of hydrogen-bond donors (Lipinski definition) is 0. The van der Waals surface area contributed by atoms with Crippen molar-refractivity contribution in [3.05, 3.63) is 437 Å². The molecule has 8 saturated carbocycles. The molecule has 144 heavy (non-hydrogen) atoms. The molecule has 25 rings (SSSR count). The molecule has 4 atom stereocenters. The molecule has 8 bridgehead atoms. The Kier molecular flexibility index (Phi) is 25.3. The summed E-state index contributed by atoms with van der Waals surface area (Å²) in [6, 6.07) is 120. The molecule has 8 fully saturated rings. The second-order valence-corrected chi connectivity index (χ2v) is 48.4. The SMILES string of the molecule is Cc1cc(C)c(B(c2ccc(C34CC5CC(C3)CC(c3ccc(-c6cccc(-c7cccc(B(c8c(C)cc(C)cc8C)c8c(C)cc(C)cc8C)c7)c6)cc3)(C5)C4)cc2)c2c(C)cc(C)cc2C)c(C)c1.Cc1cc(C)c(B(c2cccc(-c3cccc(-c4ccc(C56CC7CC(C5)CC(c5cc(C(C)C)c(B8c9ccccc9-c9ccccc98)c(C(C)C)c5)(C7)C6)cc4)c3)c2)c2c(C)cc(C)cc2C)c(C)c1. The fourth-order valence-electron chi connectivity index (χ4n) is 32.6. The Labute approximate surface area is 865 Å². The molecule has 0 amide bonds. The Balaban J connectivity index is 0.000000164. The number of benzene rings is 16. The van der Waals surface area contributed by atoms with Gasteiger partial charge in [0.25, 0.3) is 0 Å². The zero-order valence-corrected chi connectivity index (χ0v) is 90.1. The number of aryl methyl sites for hydroxylation is 18. The van der Waals surface area contributed by atoms with Crippen LogP contribution in [-0.4, -0.2) is 26.9 Å². The lowest BCUT2D eigenvalue weighted by Crippen LogP contribution is -2.57. The first kappa shape index (κ1) is 96.6. The maximum Gasteiger partial charge on any atom is 0.243 e. The van der Waals surface area contributed by atoms with Gasteiger partial charge in [0.1, 0.15) is 0 Å². The van der Waals surface area contributed by atoms with Crippen molar-refractivity contribution in [2.24, 2.45) is 23.7 Å². The van der Waals surface area contributed by atoms with Crippen LogP contribution in [0.15, 0.2) is 303 Å². The second-order valence-electron chi connectivity index (χ2n) is 48.4. The van der Waals surface area contributed by atoms with Gasteiger partial charge in [-0.3, -0.25) is 0 Å². The smallest absolute Gasteiger partial charge is 0.0686 e. The fraction of sp³-hybridized carbons (Fsp3) is 0.314. The molecule has 0 aromatic heterocycles. The average molecular weight is 1870 g/mol. The first-order chi connectivity index (χ1) is 69.2. The molecule has 16 aromatic rings. The first-order valence-electron chi connectivity index (χ1n) is 54.7. The third kappa shape index (κ3) is 17.4. The minimum atomic E-state index is 0.146. The van der Waals surface area contributed by atoms with Crippen LogP contribution < -0.4 is 65.6 Å². The average Bonchev–Trinajstić information content (AvgIpc) is 1.01. The van der Waals surface area contributed by atoms with Crippen molar-refractivity contribution >= 4 is 92.4 Å². The van der Waals surface area contributed by atoms with Crippen molar-refractivity contribution in [2.45, 2.75) is 263 Å². The molecule has 4 heteroatoms. The van der Waals surface area contributed by atoms with E-state index in [1.165, 1.54) is 293 Å². The quantitative estimate of drug-likeness (QED) is 0.0667. The Morgan fingerprint density at radius 2 is 0.458 bits per heavy atom. The summed E-state index contributed by atoms with van der Waals surface area (Å²) in [6.07, 6.45) is 16.0. The van der Waals surface area contributed by atoms with E-state index in [1.54, 1.807) is 38.8 Å². The largest absolute Gasteiger partial charge is 0.243 e. The molecule has 718 valence electrons. The fourth-order valence-corrected chi connectivity index (χ4v) is 32.6. The van der Waals surface area contributed by atoms with Crippen LogP contribution in [0, 0.1) is 148 Å². The van der Waals surface area contributed by atoms with E-state index >= 15 is 0 Å². The zero-order chi connectivity index (χ0) is 100. The van der Waals surface area contributed by atoms with Crippen LogP contribution in [0.2, 0.25) is 0 Å². The number of fused-ring (bicyclic) bond motifs is 3.